The van der Waals surface area contributed by atoms with Gasteiger partial charge >= 0.3 is 0 Å². The molecular weight excluding hydrogens is 208 g/mol. The molecule has 0 aromatic carbocycles. The van der Waals surface area contributed by atoms with Crippen LogP contribution in [0.2, 0.25) is 0 Å². The quantitative estimate of drug-likeness (QED) is 0.615. The molecular formula is C11H12N2OS. The lowest BCUT2D eigenvalue weighted by Gasteiger charge is -1.97. The molecule has 1 aromatic rings. The highest BCUT2D eigenvalue weighted by molar-refractivity contribution is 7.16. The van der Waals surface area contributed by atoms with Gasteiger partial charge in [-0.15, -0.1) is 11.3 Å². The highest BCUT2D eigenvalue weighted by Gasteiger charge is 2.19. The van der Waals surface area contributed by atoms with E-state index in [1.807, 2.05) is 0 Å². The second-order valence-corrected chi connectivity index (χ2v) is 4.75. The Bertz CT molecular complexity index is 417. The molecule has 0 fully saturated rings. The lowest BCUT2D eigenvalue weighted by atomic mass is 10.1. The molecule has 1 aliphatic carbocycles. The lowest BCUT2D eigenvalue weighted by Crippen LogP contribution is -1.94. The molecule has 0 spiro atoms. The topological polar surface area (TPSA) is 52.9 Å². The molecule has 1 aliphatic rings. The Balaban J connectivity index is 2.44. The van der Waals surface area contributed by atoms with Crippen LogP contribution in [0.15, 0.2) is 0 Å². The standard InChI is InChI=1S/C11H12N2OS/c12-6-9-8-4-2-1-3-5-10(8)15-11(9)13-7-14/h7H,1-5H2,(H,13,14). The SMILES string of the molecule is N#Cc1c(NC=O)sc2c1CCCCC2. The molecule has 3 nitrogen and oxygen atoms in total. The third-order valence-electron chi connectivity index (χ3n) is 2.72. The van der Waals surface area contributed by atoms with Gasteiger partial charge in [-0.1, -0.05) is 6.42 Å². The van der Waals surface area contributed by atoms with Gasteiger partial charge in [0.1, 0.15) is 11.1 Å². The highest BCUT2D eigenvalue weighted by Crippen LogP contribution is 2.36. The third-order valence-corrected chi connectivity index (χ3v) is 3.95. The third kappa shape index (κ3) is 1.88. The fraction of sp³-hybridized carbons (Fsp3) is 0.455. The molecule has 15 heavy (non-hydrogen) atoms. The van der Waals surface area contributed by atoms with Crippen LogP contribution in [0.4, 0.5) is 5.00 Å². The second kappa shape index (κ2) is 4.45. The normalized spacial score (nSPS) is 14.9. The van der Waals surface area contributed by atoms with Crippen LogP contribution >= 0.6 is 11.3 Å². The van der Waals surface area contributed by atoms with Gasteiger partial charge in [0, 0.05) is 4.88 Å². The summed E-state index contributed by atoms with van der Waals surface area (Å²) in [6.07, 6.45) is 6.26. The monoisotopic (exact) mass is 220 g/mol. The summed E-state index contributed by atoms with van der Waals surface area (Å²) in [7, 11) is 0. The number of aryl methyl sites for hydroxylation is 1. The molecule has 1 amide bonds. The molecule has 0 radical (unpaired) electrons. The zero-order chi connectivity index (χ0) is 10.7. The van der Waals surface area contributed by atoms with E-state index in [0.717, 1.165) is 24.3 Å². The van der Waals surface area contributed by atoms with Crippen molar-refractivity contribution in [3.63, 3.8) is 0 Å². The minimum absolute atomic E-state index is 0.645. The summed E-state index contributed by atoms with van der Waals surface area (Å²) in [6, 6.07) is 2.21. The van der Waals surface area contributed by atoms with Crippen molar-refractivity contribution in [1.29, 1.82) is 5.26 Å². The summed E-state index contributed by atoms with van der Waals surface area (Å²) < 4.78 is 0. The number of hydrogen-bond donors (Lipinski definition) is 1. The number of rotatable bonds is 2. The van der Waals surface area contributed by atoms with Crippen LogP contribution in [0.25, 0.3) is 0 Å². The highest BCUT2D eigenvalue weighted by atomic mass is 32.1. The summed E-state index contributed by atoms with van der Waals surface area (Å²) >= 11 is 1.56. The van der Waals surface area contributed by atoms with Gasteiger partial charge in [-0.25, -0.2) is 0 Å². The van der Waals surface area contributed by atoms with Crippen molar-refractivity contribution in [2.24, 2.45) is 0 Å². The zero-order valence-corrected chi connectivity index (χ0v) is 9.19. The van der Waals surface area contributed by atoms with Gasteiger partial charge in [-0.05, 0) is 31.2 Å². The zero-order valence-electron chi connectivity index (χ0n) is 8.38. The molecule has 2 rings (SSSR count). The average Bonchev–Trinajstić information content (AvgIpc) is 2.43. The Hall–Kier alpha value is -1.34. The summed E-state index contributed by atoms with van der Waals surface area (Å²) in [4.78, 5) is 11.7. The van der Waals surface area contributed by atoms with Crippen LogP contribution in [0, 0.1) is 11.3 Å². The van der Waals surface area contributed by atoms with E-state index in [1.54, 1.807) is 11.3 Å². The number of thiophene rings is 1. The first-order chi connectivity index (χ1) is 7.36. The first kappa shape index (κ1) is 10.2. The van der Waals surface area contributed by atoms with Gasteiger partial charge in [0.05, 0.1) is 5.56 Å². The van der Waals surface area contributed by atoms with Gasteiger partial charge in [0.2, 0.25) is 6.41 Å². The van der Waals surface area contributed by atoms with E-state index in [2.05, 4.69) is 11.4 Å². The largest absolute Gasteiger partial charge is 0.319 e. The molecule has 0 saturated heterocycles. The number of fused-ring (bicyclic) bond motifs is 1. The number of carbonyl (C=O) groups is 1. The number of amides is 1. The number of nitriles is 1. The predicted molar refractivity (Wildman–Crippen MR) is 60.0 cm³/mol. The van der Waals surface area contributed by atoms with Crippen LogP contribution in [0.1, 0.15) is 35.3 Å². The van der Waals surface area contributed by atoms with Crippen molar-refractivity contribution < 1.29 is 4.79 Å². The number of hydrogen-bond acceptors (Lipinski definition) is 3. The molecule has 0 aliphatic heterocycles. The first-order valence-corrected chi connectivity index (χ1v) is 5.93. The predicted octanol–water partition coefficient (Wildman–Crippen LogP) is 2.46. The van der Waals surface area contributed by atoms with Crippen molar-refractivity contribution in [3.05, 3.63) is 16.0 Å². The molecule has 4 heteroatoms. The van der Waals surface area contributed by atoms with E-state index in [4.69, 9.17) is 5.26 Å². The smallest absolute Gasteiger partial charge is 0.212 e. The molecule has 0 atom stereocenters. The fourth-order valence-corrected chi connectivity index (χ4v) is 3.21. The van der Waals surface area contributed by atoms with Crippen molar-refractivity contribution in [2.75, 3.05) is 5.32 Å². The summed E-state index contributed by atoms with van der Waals surface area (Å²) in [6.45, 7) is 0. The maximum atomic E-state index is 10.4. The Kier molecular flexibility index (Phi) is 3.02. The second-order valence-electron chi connectivity index (χ2n) is 3.64. The minimum Gasteiger partial charge on any atom is -0.319 e. The summed E-state index contributed by atoms with van der Waals surface area (Å²) in [5, 5.41) is 12.4. The fourth-order valence-electron chi connectivity index (χ4n) is 2.02. The number of nitrogens with one attached hydrogen (secondary N) is 1. The average molecular weight is 220 g/mol. The van der Waals surface area contributed by atoms with E-state index in [0.29, 0.717) is 12.0 Å². The number of carbonyl (C=O) groups excluding carboxylic acids is 1. The molecule has 1 N–H and O–H groups in total. The molecule has 0 unspecified atom stereocenters. The summed E-state index contributed by atoms with van der Waals surface area (Å²) in [5.41, 5.74) is 1.85. The minimum atomic E-state index is 0.645. The Morgan fingerprint density at radius 1 is 1.33 bits per heavy atom. The first-order valence-electron chi connectivity index (χ1n) is 5.11. The molecule has 1 aromatic heterocycles. The molecule has 1 heterocycles. The number of anilines is 1. The van der Waals surface area contributed by atoms with Gasteiger partial charge in [0.15, 0.2) is 0 Å². The maximum Gasteiger partial charge on any atom is 0.212 e. The Morgan fingerprint density at radius 3 is 2.87 bits per heavy atom. The van der Waals surface area contributed by atoms with E-state index in [-0.39, 0.29) is 0 Å². The van der Waals surface area contributed by atoms with Gasteiger partial charge in [0.25, 0.3) is 0 Å². The number of nitrogens with zero attached hydrogens (tertiary/aromatic N) is 1. The Morgan fingerprint density at radius 2 is 2.13 bits per heavy atom. The van der Waals surface area contributed by atoms with Crippen LogP contribution in [0.5, 0.6) is 0 Å². The van der Waals surface area contributed by atoms with Crippen LogP contribution in [-0.2, 0) is 17.6 Å². The van der Waals surface area contributed by atoms with Crippen LogP contribution < -0.4 is 5.32 Å². The molecule has 0 saturated carbocycles. The van der Waals surface area contributed by atoms with Crippen molar-refractivity contribution in [3.8, 4) is 6.07 Å². The van der Waals surface area contributed by atoms with E-state index < -0.39 is 0 Å². The molecule has 0 bridgehead atoms. The lowest BCUT2D eigenvalue weighted by molar-refractivity contribution is -0.105. The van der Waals surface area contributed by atoms with Crippen molar-refractivity contribution in [2.45, 2.75) is 32.1 Å². The van der Waals surface area contributed by atoms with Crippen molar-refractivity contribution >= 4 is 22.7 Å². The van der Waals surface area contributed by atoms with Gasteiger partial charge < -0.3 is 5.32 Å². The van der Waals surface area contributed by atoms with E-state index >= 15 is 0 Å². The van der Waals surface area contributed by atoms with Crippen molar-refractivity contribution in [1.82, 2.24) is 0 Å². The summed E-state index contributed by atoms with van der Waals surface area (Å²) in [5.74, 6) is 0. The van der Waals surface area contributed by atoms with Gasteiger partial charge in [-0.2, -0.15) is 5.26 Å². The maximum absolute atomic E-state index is 10.4. The Labute approximate surface area is 92.7 Å². The van der Waals surface area contributed by atoms with Gasteiger partial charge in [-0.3, -0.25) is 4.79 Å². The van der Waals surface area contributed by atoms with E-state index in [9.17, 15) is 4.79 Å². The van der Waals surface area contributed by atoms with Crippen LogP contribution in [-0.4, -0.2) is 6.41 Å². The van der Waals surface area contributed by atoms with Crippen LogP contribution in [0.3, 0.4) is 0 Å². The van der Waals surface area contributed by atoms with E-state index in [1.165, 1.54) is 23.3 Å². The molecule has 78 valence electrons.